The summed E-state index contributed by atoms with van der Waals surface area (Å²) in [6.45, 7) is 1.19. The highest BCUT2D eigenvalue weighted by atomic mass is 32.1. The van der Waals surface area contributed by atoms with Crippen LogP contribution in [0.25, 0.3) is 0 Å². The van der Waals surface area contributed by atoms with Crippen LogP contribution in [-0.4, -0.2) is 28.2 Å². The van der Waals surface area contributed by atoms with E-state index >= 15 is 0 Å². The Hall–Kier alpha value is -2.81. The van der Waals surface area contributed by atoms with Gasteiger partial charge in [0.15, 0.2) is 11.7 Å². The molecule has 0 aliphatic heterocycles. The molecule has 0 radical (unpaired) electrons. The van der Waals surface area contributed by atoms with Gasteiger partial charge in [-0.3, -0.25) is 4.79 Å². The molecule has 1 N–H and O–H groups in total. The number of amides is 1. The predicted octanol–water partition coefficient (Wildman–Crippen LogP) is 4.91. The number of imidazole rings is 1. The predicted molar refractivity (Wildman–Crippen MR) is 111 cm³/mol. The van der Waals surface area contributed by atoms with Gasteiger partial charge < -0.3 is 14.6 Å². The summed E-state index contributed by atoms with van der Waals surface area (Å²) < 4.78 is 43.7. The van der Waals surface area contributed by atoms with Gasteiger partial charge in [-0.2, -0.15) is 13.2 Å². The second kappa shape index (κ2) is 8.74. The first kappa shape index (κ1) is 21.4. The lowest BCUT2D eigenvalue weighted by Crippen LogP contribution is -2.28. The number of rotatable bonds is 8. The quantitative estimate of drug-likeness (QED) is 0.531. The van der Waals surface area contributed by atoms with Crippen LogP contribution >= 0.6 is 11.3 Å². The Bertz CT molecular complexity index is 1030. The van der Waals surface area contributed by atoms with Crippen molar-refractivity contribution in [3.8, 4) is 5.06 Å². The number of hydrogen-bond donors (Lipinski definition) is 1. The second-order valence-corrected chi connectivity index (χ2v) is 8.72. The number of carbonyl (C=O) groups excluding carboxylic acids is 1. The fraction of sp³-hybridized carbons (Fsp3) is 0.364. The third-order valence-corrected chi connectivity index (χ3v) is 6.35. The lowest BCUT2D eigenvalue weighted by Gasteiger charge is -2.13. The number of hydrogen-bond acceptors (Lipinski definition) is 4. The number of nitrogens with one attached hydrogen (secondary N) is 1. The molecule has 0 saturated heterocycles. The minimum atomic E-state index is -4.38. The molecule has 1 saturated carbocycles. The Labute approximate surface area is 181 Å². The SMILES string of the molecule is C[C@@H](NC(=O)[C@@H]1C[C@H]1c1nccn1Cc1ccccc1)c1ccc(OCC(F)(F)F)s1. The van der Waals surface area contributed by atoms with Gasteiger partial charge in [-0.05, 0) is 31.0 Å². The Morgan fingerprint density at radius 3 is 2.81 bits per heavy atom. The Morgan fingerprint density at radius 1 is 1.29 bits per heavy atom. The molecule has 0 bridgehead atoms. The minimum Gasteiger partial charge on any atom is -0.475 e. The van der Waals surface area contributed by atoms with Crippen LogP contribution in [0.3, 0.4) is 0 Å². The van der Waals surface area contributed by atoms with Gasteiger partial charge in [0.05, 0.1) is 6.04 Å². The highest BCUT2D eigenvalue weighted by Crippen LogP contribution is 2.47. The standard InChI is InChI=1S/C22H22F3N3O2S/c1-14(18-7-8-19(31-18)30-13-22(23,24)25)27-21(29)17-11-16(17)20-26-9-10-28(20)12-15-5-3-2-4-6-15/h2-10,14,16-17H,11-13H2,1H3,(H,27,29)/t14-,16-,17-/m1/s1. The molecule has 3 aromatic rings. The van der Waals surface area contributed by atoms with Gasteiger partial charge in [0.25, 0.3) is 0 Å². The Morgan fingerprint density at radius 2 is 2.06 bits per heavy atom. The van der Waals surface area contributed by atoms with Gasteiger partial charge in [-0.15, -0.1) is 11.3 Å². The van der Waals surface area contributed by atoms with E-state index in [1.807, 2.05) is 31.3 Å². The zero-order valence-electron chi connectivity index (χ0n) is 16.8. The van der Waals surface area contributed by atoms with Gasteiger partial charge in [-0.25, -0.2) is 4.98 Å². The van der Waals surface area contributed by atoms with E-state index < -0.39 is 12.8 Å². The van der Waals surface area contributed by atoms with Gasteiger partial charge in [0.2, 0.25) is 5.91 Å². The van der Waals surface area contributed by atoms with Crippen LogP contribution in [-0.2, 0) is 11.3 Å². The highest BCUT2D eigenvalue weighted by Gasteiger charge is 2.46. The van der Waals surface area contributed by atoms with E-state index in [1.165, 1.54) is 11.6 Å². The van der Waals surface area contributed by atoms with Crippen molar-refractivity contribution in [1.82, 2.24) is 14.9 Å². The molecule has 1 aliphatic carbocycles. The van der Waals surface area contributed by atoms with E-state index in [-0.39, 0.29) is 28.8 Å². The molecule has 9 heteroatoms. The molecular formula is C22H22F3N3O2S. The largest absolute Gasteiger partial charge is 0.475 e. The highest BCUT2D eigenvalue weighted by molar-refractivity contribution is 7.13. The molecule has 1 fully saturated rings. The Balaban J connectivity index is 1.32. The zero-order valence-corrected chi connectivity index (χ0v) is 17.6. The molecule has 31 heavy (non-hydrogen) atoms. The smallest absolute Gasteiger partial charge is 0.422 e. The molecule has 3 atom stereocenters. The van der Waals surface area contributed by atoms with E-state index in [4.69, 9.17) is 4.74 Å². The fourth-order valence-electron chi connectivity index (χ4n) is 3.52. The summed E-state index contributed by atoms with van der Waals surface area (Å²) >= 11 is 1.10. The molecule has 5 nitrogen and oxygen atoms in total. The summed E-state index contributed by atoms with van der Waals surface area (Å²) in [7, 11) is 0. The number of halogens is 3. The third-order valence-electron chi connectivity index (χ3n) is 5.17. The number of aromatic nitrogens is 2. The monoisotopic (exact) mass is 449 g/mol. The lowest BCUT2D eigenvalue weighted by atomic mass is 10.2. The number of carbonyl (C=O) groups is 1. The van der Waals surface area contributed by atoms with Crippen molar-refractivity contribution in [3.63, 3.8) is 0 Å². The molecule has 164 valence electrons. The molecule has 2 aromatic heterocycles. The molecule has 1 aromatic carbocycles. The van der Waals surface area contributed by atoms with E-state index in [9.17, 15) is 18.0 Å². The first-order valence-electron chi connectivity index (χ1n) is 9.95. The third kappa shape index (κ3) is 5.46. The van der Waals surface area contributed by atoms with Crippen molar-refractivity contribution < 1.29 is 22.7 Å². The van der Waals surface area contributed by atoms with Crippen molar-refractivity contribution in [2.75, 3.05) is 6.61 Å². The average Bonchev–Trinajstić information content (AvgIpc) is 3.15. The van der Waals surface area contributed by atoms with Crippen LogP contribution in [0.1, 0.15) is 41.6 Å². The molecular weight excluding hydrogens is 427 g/mol. The molecule has 1 aliphatic rings. The van der Waals surface area contributed by atoms with E-state index in [2.05, 4.69) is 27.0 Å². The van der Waals surface area contributed by atoms with Crippen LogP contribution in [0.2, 0.25) is 0 Å². The maximum absolute atomic E-state index is 12.7. The summed E-state index contributed by atoms with van der Waals surface area (Å²) in [6, 6.07) is 12.9. The van der Waals surface area contributed by atoms with Crippen LogP contribution in [0.15, 0.2) is 54.9 Å². The average molecular weight is 449 g/mol. The number of ether oxygens (including phenoxy) is 1. The zero-order chi connectivity index (χ0) is 22.0. The van der Waals surface area contributed by atoms with Gasteiger partial charge in [0, 0.05) is 35.7 Å². The number of benzene rings is 1. The van der Waals surface area contributed by atoms with Gasteiger partial charge in [-0.1, -0.05) is 30.3 Å². The summed E-state index contributed by atoms with van der Waals surface area (Å²) in [4.78, 5) is 17.9. The second-order valence-electron chi connectivity index (χ2n) is 7.64. The van der Waals surface area contributed by atoms with Crippen LogP contribution < -0.4 is 10.1 Å². The summed E-state index contributed by atoms with van der Waals surface area (Å²) in [5, 5.41) is 3.14. The van der Waals surface area contributed by atoms with E-state index in [0.717, 1.165) is 28.5 Å². The van der Waals surface area contributed by atoms with Crippen molar-refractivity contribution >= 4 is 17.2 Å². The fourth-order valence-corrected chi connectivity index (χ4v) is 4.38. The molecule has 4 rings (SSSR count). The maximum Gasteiger partial charge on any atom is 0.422 e. The first-order valence-corrected chi connectivity index (χ1v) is 10.8. The molecule has 0 unspecified atom stereocenters. The molecule has 1 amide bonds. The summed E-state index contributed by atoms with van der Waals surface area (Å²) in [5.41, 5.74) is 1.17. The molecule has 2 heterocycles. The number of thiophene rings is 1. The van der Waals surface area contributed by atoms with Gasteiger partial charge >= 0.3 is 6.18 Å². The summed E-state index contributed by atoms with van der Waals surface area (Å²) in [6.07, 6.45) is 0.0284. The maximum atomic E-state index is 12.7. The minimum absolute atomic E-state index is 0.0694. The van der Waals surface area contributed by atoms with Crippen LogP contribution in [0.4, 0.5) is 13.2 Å². The van der Waals surface area contributed by atoms with Crippen molar-refractivity contribution in [2.24, 2.45) is 5.92 Å². The molecule has 0 spiro atoms. The number of alkyl halides is 3. The van der Waals surface area contributed by atoms with Crippen molar-refractivity contribution in [3.05, 3.63) is 71.1 Å². The van der Waals surface area contributed by atoms with Crippen LogP contribution in [0.5, 0.6) is 5.06 Å². The summed E-state index contributed by atoms with van der Waals surface area (Å²) in [5.74, 6) is 0.744. The van der Waals surface area contributed by atoms with E-state index in [1.54, 1.807) is 12.3 Å². The van der Waals surface area contributed by atoms with Crippen molar-refractivity contribution in [2.45, 2.75) is 38.0 Å². The lowest BCUT2D eigenvalue weighted by molar-refractivity contribution is -0.152. The number of nitrogens with zero attached hydrogens (tertiary/aromatic N) is 2. The van der Waals surface area contributed by atoms with Crippen LogP contribution in [0, 0.1) is 5.92 Å². The first-order chi connectivity index (χ1) is 14.8. The Kier molecular flexibility index (Phi) is 6.04. The van der Waals surface area contributed by atoms with E-state index in [0.29, 0.717) is 6.54 Å². The van der Waals surface area contributed by atoms with Gasteiger partial charge in [0.1, 0.15) is 5.82 Å². The van der Waals surface area contributed by atoms with Crippen molar-refractivity contribution in [1.29, 1.82) is 0 Å². The normalized spacial score (nSPS) is 19.1. The topological polar surface area (TPSA) is 56.2 Å².